The Balaban J connectivity index is 0.0000000943. The monoisotopic (exact) mass is 1910 g/mol. The van der Waals surface area contributed by atoms with Crippen LogP contribution in [0, 0.1) is 0 Å². The second-order valence-electron chi connectivity index (χ2n) is 38.8. The van der Waals surface area contributed by atoms with Gasteiger partial charge in [-0.2, -0.15) is 0 Å². The summed E-state index contributed by atoms with van der Waals surface area (Å²) in [5, 5.41) is 22.3. The number of nitrogens with zero attached hydrogens (tertiary/aromatic N) is 6. The summed E-state index contributed by atoms with van der Waals surface area (Å²) >= 11 is 0. The minimum absolute atomic E-state index is 0.922. The van der Waals surface area contributed by atoms with E-state index in [4.69, 9.17) is 8.83 Å². The minimum atomic E-state index is 0.922. The van der Waals surface area contributed by atoms with Crippen molar-refractivity contribution in [2.75, 3.05) is 0 Å². The lowest BCUT2D eigenvalue weighted by Crippen LogP contribution is -1.95. The molecule has 0 amide bonds. The fraction of sp³-hybridized carbons (Fsp3) is 0. The molecular formula is C142H92N6O2. The van der Waals surface area contributed by atoms with Gasteiger partial charge in [0.15, 0.2) is 0 Å². The first-order valence-electron chi connectivity index (χ1n) is 51.3. The van der Waals surface area contributed by atoms with Crippen LogP contribution in [0.25, 0.3) is 275 Å². The Morgan fingerprint density at radius 2 is 0.387 bits per heavy atom. The van der Waals surface area contributed by atoms with Crippen molar-refractivity contribution in [1.82, 2.24) is 27.4 Å². The maximum Gasteiger partial charge on any atom is 0.135 e. The summed E-state index contributed by atoms with van der Waals surface area (Å²) in [5.74, 6) is 0. The van der Waals surface area contributed by atoms with Crippen molar-refractivity contribution in [3.63, 3.8) is 0 Å². The summed E-state index contributed by atoms with van der Waals surface area (Å²) in [6.07, 6.45) is 0. The van der Waals surface area contributed by atoms with E-state index >= 15 is 0 Å². The Morgan fingerprint density at radius 1 is 0.120 bits per heavy atom. The van der Waals surface area contributed by atoms with Gasteiger partial charge in [0.25, 0.3) is 0 Å². The minimum Gasteiger partial charge on any atom is -0.456 e. The highest BCUT2D eigenvalue weighted by molar-refractivity contribution is 6.21. The molecule has 0 unspecified atom stereocenters. The van der Waals surface area contributed by atoms with Crippen LogP contribution in [0.3, 0.4) is 0 Å². The van der Waals surface area contributed by atoms with Crippen LogP contribution in [-0.2, 0) is 0 Å². The Kier molecular flexibility index (Phi) is 20.8. The number of para-hydroxylation sites is 12. The largest absolute Gasteiger partial charge is 0.456 e. The molecule has 0 aliphatic carbocycles. The molecule has 32 aromatic rings. The lowest BCUT2D eigenvalue weighted by molar-refractivity contribution is 0.668. The summed E-state index contributed by atoms with van der Waals surface area (Å²) in [7, 11) is 0. The zero-order valence-electron chi connectivity index (χ0n) is 81.6. The van der Waals surface area contributed by atoms with Gasteiger partial charge in [0, 0.05) is 120 Å². The van der Waals surface area contributed by atoms with Crippen LogP contribution >= 0.6 is 0 Å². The van der Waals surface area contributed by atoms with E-state index in [-0.39, 0.29) is 0 Å². The Labute approximate surface area is 863 Å². The van der Waals surface area contributed by atoms with Crippen LogP contribution in [0.2, 0.25) is 0 Å². The third-order valence-corrected chi connectivity index (χ3v) is 30.4. The summed E-state index contributed by atoms with van der Waals surface area (Å²) in [5.41, 5.74) is 37.6. The van der Waals surface area contributed by atoms with Crippen LogP contribution in [-0.4, -0.2) is 27.4 Å². The predicted molar refractivity (Wildman–Crippen MR) is 631 cm³/mol. The lowest BCUT2D eigenvalue weighted by atomic mass is 9.98. The number of hydrogen-bond acceptors (Lipinski definition) is 2. The fourth-order valence-electron chi connectivity index (χ4n) is 23.7. The average molecular weight is 1910 g/mol. The van der Waals surface area contributed by atoms with Crippen molar-refractivity contribution in [2.45, 2.75) is 0 Å². The van der Waals surface area contributed by atoms with E-state index < -0.39 is 0 Å². The molecule has 150 heavy (non-hydrogen) atoms. The molecule has 24 aromatic carbocycles. The zero-order valence-corrected chi connectivity index (χ0v) is 81.6. The smallest absolute Gasteiger partial charge is 0.135 e. The highest BCUT2D eigenvalue weighted by atomic mass is 16.3. The number of aromatic nitrogens is 6. The van der Waals surface area contributed by atoms with E-state index in [1.165, 1.54) is 226 Å². The van der Waals surface area contributed by atoms with Crippen molar-refractivity contribution in [1.29, 1.82) is 0 Å². The van der Waals surface area contributed by atoms with Gasteiger partial charge < -0.3 is 36.2 Å². The van der Waals surface area contributed by atoms with Crippen molar-refractivity contribution in [3.8, 4) is 89.8 Å². The molecule has 0 fully saturated rings. The number of fused-ring (bicyclic) bond motifs is 25. The van der Waals surface area contributed by atoms with Crippen LogP contribution in [0.4, 0.5) is 0 Å². The SMILES string of the molecule is c1ccc(-c2cccc(-n3c4ccccc4c4cc(-c5ccc6oc7ccccc7c6c5)ccc43)c2)cc1.c1ccc(-n2c3ccccc3c3c(-c4ccc5c6ccccc6n(-c6cccc7ccccc67)c5c4)cccc32)cc1.c1ccc(-n2c3ccccc3c3cc(-c4ccc5oc6ccccc6c5c4)ccc32)cc1.c1ccc(-n2c3ccccc3c3ccc(-c4cccc5c4c4ccccc4n5-c4ccccc4)cc32)cc1. The van der Waals surface area contributed by atoms with Crippen molar-refractivity contribution in [3.05, 3.63) is 558 Å². The quantitative estimate of drug-likeness (QED) is 0.130. The number of hydrogen-bond donors (Lipinski definition) is 0. The summed E-state index contributed by atoms with van der Waals surface area (Å²) < 4.78 is 26.4. The van der Waals surface area contributed by atoms with E-state index in [9.17, 15) is 0 Å². The highest BCUT2D eigenvalue weighted by Crippen LogP contribution is 2.48. The zero-order chi connectivity index (χ0) is 98.8. The number of rotatable bonds is 11. The predicted octanol–water partition coefficient (Wildman–Crippen LogP) is 38.6. The van der Waals surface area contributed by atoms with Gasteiger partial charge in [0.1, 0.15) is 22.3 Å². The van der Waals surface area contributed by atoms with Gasteiger partial charge in [-0.3, -0.25) is 0 Å². The van der Waals surface area contributed by atoms with E-state index in [0.717, 1.165) is 49.6 Å². The molecule has 32 rings (SSSR count). The van der Waals surface area contributed by atoms with E-state index in [1.54, 1.807) is 0 Å². The van der Waals surface area contributed by atoms with Gasteiger partial charge in [0.2, 0.25) is 0 Å². The van der Waals surface area contributed by atoms with Crippen LogP contribution in [0.5, 0.6) is 0 Å². The van der Waals surface area contributed by atoms with Gasteiger partial charge in [-0.15, -0.1) is 0 Å². The molecule has 0 aliphatic heterocycles. The van der Waals surface area contributed by atoms with Crippen molar-refractivity contribution < 1.29 is 8.83 Å². The molecule has 8 aromatic heterocycles. The second kappa shape index (κ2) is 36.1. The van der Waals surface area contributed by atoms with Gasteiger partial charge in [0.05, 0.1) is 71.9 Å². The Hall–Kier alpha value is -20.1. The van der Waals surface area contributed by atoms with Crippen LogP contribution in [0.1, 0.15) is 0 Å². The molecular weight excluding hydrogens is 1820 g/mol. The molecule has 0 saturated carbocycles. The molecule has 8 heteroatoms. The second-order valence-corrected chi connectivity index (χ2v) is 38.8. The van der Waals surface area contributed by atoms with E-state index in [1.807, 2.05) is 24.3 Å². The molecule has 8 heterocycles. The summed E-state index contributed by atoms with van der Waals surface area (Å²) in [6.45, 7) is 0. The molecule has 0 atom stereocenters. The first-order chi connectivity index (χ1) is 74.4. The Morgan fingerprint density at radius 3 is 0.840 bits per heavy atom. The lowest BCUT2D eigenvalue weighted by Gasteiger charge is -2.13. The average Bonchev–Trinajstić information content (AvgIpc) is 1.54. The first-order valence-corrected chi connectivity index (χ1v) is 51.3. The van der Waals surface area contributed by atoms with Gasteiger partial charge in [-0.05, 0) is 249 Å². The van der Waals surface area contributed by atoms with Crippen LogP contribution in [0.15, 0.2) is 567 Å². The van der Waals surface area contributed by atoms with Crippen LogP contribution < -0.4 is 0 Å². The molecule has 8 nitrogen and oxygen atoms in total. The third-order valence-electron chi connectivity index (χ3n) is 30.4. The van der Waals surface area contributed by atoms with Gasteiger partial charge in [-0.1, -0.05) is 370 Å². The summed E-state index contributed by atoms with van der Waals surface area (Å²) in [4.78, 5) is 0. The number of furan rings is 2. The maximum atomic E-state index is 6.06. The highest BCUT2D eigenvalue weighted by Gasteiger charge is 2.25. The molecule has 0 N–H and O–H groups in total. The number of benzene rings is 24. The molecule has 0 bridgehead atoms. The van der Waals surface area contributed by atoms with E-state index in [2.05, 4.69) is 561 Å². The van der Waals surface area contributed by atoms with Gasteiger partial charge in [-0.25, -0.2) is 0 Å². The maximum absolute atomic E-state index is 6.06. The van der Waals surface area contributed by atoms with E-state index in [0.29, 0.717) is 0 Å². The molecule has 702 valence electrons. The van der Waals surface area contributed by atoms with Gasteiger partial charge >= 0.3 is 0 Å². The molecule has 0 radical (unpaired) electrons. The third kappa shape index (κ3) is 14.5. The molecule has 0 aliphatic rings. The standard InChI is InChI=1S/C40H26N2.C36H24N2.C36H23NO.C30H19NO/c1-2-14-29(15-3-1)41-37-21-9-7-18-34(37)40-31(19-11-23-38(40)41)28-24-25-33-32-17-6-8-20-36(32)42(39(33)26-28)35-22-10-13-27-12-4-5-16-30(27)35;1-3-12-26(13-4-1)37-33-20-10-8-17-31(33)36-28(18-11-21-34(36)37)25-22-23-30-29-16-7-9-19-32(29)38(35(30)24-25)27-14-5-2-6-15-27;1-2-9-24(10-3-1)25-11-8-12-28(21-25)37-33-15-6-4-13-29(33)31-22-26(17-19-34(31)37)27-18-20-36-32(23-27)30-14-5-7-16-35(30)38-36;1-2-8-22(9-3-1)31-27-12-6-4-10-23(27)25-18-20(14-16-28(25)31)21-15-17-30-26(19-21)24-11-5-7-13-29(24)32-30/h1-26H;1-24H;1-23H;1-19H. The van der Waals surface area contributed by atoms with Crippen molar-refractivity contribution >= 4 is 185 Å². The topological polar surface area (TPSA) is 55.9 Å². The summed E-state index contributed by atoms with van der Waals surface area (Å²) in [6, 6.07) is 200. The Bertz CT molecular complexity index is 10900. The molecule has 0 spiro atoms. The molecule has 0 saturated heterocycles. The fourth-order valence-corrected chi connectivity index (χ4v) is 23.7. The first kappa shape index (κ1) is 86.6. The van der Waals surface area contributed by atoms with Crippen molar-refractivity contribution in [2.24, 2.45) is 0 Å². The normalized spacial score (nSPS) is 11.7.